The lowest BCUT2D eigenvalue weighted by molar-refractivity contribution is -0.135. The highest BCUT2D eigenvalue weighted by Crippen LogP contribution is 2.12. The summed E-state index contributed by atoms with van der Waals surface area (Å²) in [5, 5.41) is 11.7. The van der Waals surface area contributed by atoms with Gasteiger partial charge in [0.1, 0.15) is 6.67 Å². The van der Waals surface area contributed by atoms with Crippen LogP contribution in [-0.4, -0.2) is 37.6 Å². The van der Waals surface area contributed by atoms with Crippen molar-refractivity contribution in [1.29, 1.82) is 0 Å². The molecule has 6 heteroatoms. The van der Waals surface area contributed by atoms with E-state index in [4.69, 9.17) is 0 Å². The van der Waals surface area contributed by atoms with Crippen molar-refractivity contribution in [3.05, 3.63) is 41.7 Å². The zero-order valence-corrected chi connectivity index (χ0v) is 11.7. The van der Waals surface area contributed by atoms with Crippen molar-refractivity contribution in [3.63, 3.8) is 0 Å². The summed E-state index contributed by atoms with van der Waals surface area (Å²) in [5.74, 6) is 0.826. The van der Waals surface area contributed by atoms with Crippen molar-refractivity contribution in [3.8, 4) is 0 Å². The van der Waals surface area contributed by atoms with E-state index in [1.807, 2.05) is 42.5 Å². The first-order chi connectivity index (χ1) is 10.3. The van der Waals surface area contributed by atoms with Crippen LogP contribution < -0.4 is 0 Å². The Balaban J connectivity index is 1.72. The third kappa shape index (κ3) is 3.34. The van der Waals surface area contributed by atoms with Gasteiger partial charge in [-0.05, 0) is 34.9 Å². The Kier molecular flexibility index (Phi) is 4.04. The van der Waals surface area contributed by atoms with Crippen LogP contribution in [0.2, 0.25) is 0 Å². The number of carbonyl (C=O) groups is 1. The number of hydrogen-bond donors (Lipinski definition) is 0. The van der Waals surface area contributed by atoms with E-state index in [1.165, 1.54) is 0 Å². The number of piperidine rings is 1. The highest BCUT2D eigenvalue weighted by atomic mass is 16.2. The van der Waals surface area contributed by atoms with Crippen LogP contribution in [0.15, 0.2) is 30.3 Å². The SMILES string of the molecule is O=C1CCCCN1Cn1nnnc1C=Cc1ccccc1. The van der Waals surface area contributed by atoms with E-state index in [-0.39, 0.29) is 5.91 Å². The molecule has 0 unspecified atom stereocenters. The van der Waals surface area contributed by atoms with Crippen molar-refractivity contribution in [2.24, 2.45) is 0 Å². The van der Waals surface area contributed by atoms with Crippen molar-refractivity contribution in [2.75, 3.05) is 6.54 Å². The molecule has 1 fully saturated rings. The lowest BCUT2D eigenvalue weighted by Gasteiger charge is -2.26. The molecule has 0 N–H and O–H groups in total. The molecule has 1 aromatic heterocycles. The Hall–Kier alpha value is -2.50. The Bertz CT molecular complexity index is 635. The van der Waals surface area contributed by atoms with Crippen molar-refractivity contribution >= 4 is 18.1 Å². The fourth-order valence-electron chi connectivity index (χ4n) is 2.34. The molecule has 1 saturated heterocycles. The molecule has 0 spiro atoms. The highest BCUT2D eigenvalue weighted by molar-refractivity contribution is 5.76. The topological polar surface area (TPSA) is 63.9 Å². The maximum absolute atomic E-state index is 11.8. The van der Waals surface area contributed by atoms with Gasteiger partial charge in [0.2, 0.25) is 5.91 Å². The summed E-state index contributed by atoms with van der Waals surface area (Å²) in [7, 11) is 0. The third-order valence-corrected chi connectivity index (χ3v) is 3.51. The molecule has 2 aromatic rings. The number of amides is 1. The lowest BCUT2D eigenvalue weighted by Crippen LogP contribution is -2.37. The fraction of sp³-hybridized carbons (Fsp3) is 0.333. The minimum Gasteiger partial charge on any atom is -0.323 e. The summed E-state index contributed by atoms with van der Waals surface area (Å²) in [4.78, 5) is 13.6. The minimum absolute atomic E-state index is 0.176. The summed E-state index contributed by atoms with van der Waals surface area (Å²) < 4.78 is 1.66. The van der Waals surface area contributed by atoms with E-state index in [0.29, 0.717) is 18.9 Å². The first-order valence-corrected chi connectivity index (χ1v) is 7.10. The van der Waals surface area contributed by atoms with Crippen LogP contribution >= 0.6 is 0 Å². The maximum atomic E-state index is 11.8. The van der Waals surface area contributed by atoms with Crippen LogP contribution in [0.1, 0.15) is 30.7 Å². The number of nitrogens with zero attached hydrogens (tertiary/aromatic N) is 5. The first-order valence-electron chi connectivity index (χ1n) is 7.10. The van der Waals surface area contributed by atoms with Crippen LogP contribution in [0, 0.1) is 0 Å². The zero-order valence-electron chi connectivity index (χ0n) is 11.7. The number of hydrogen-bond acceptors (Lipinski definition) is 4. The smallest absolute Gasteiger partial charge is 0.224 e. The highest BCUT2D eigenvalue weighted by Gasteiger charge is 2.19. The van der Waals surface area contributed by atoms with Gasteiger partial charge in [-0.1, -0.05) is 36.4 Å². The molecule has 0 radical (unpaired) electrons. The second-order valence-electron chi connectivity index (χ2n) is 5.04. The second-order valence-corrected chi connectivity index (χ2v) is 5.04. The van der Waals surface area contributed by atoms with Crippen LogP contribution in [0.25, 0.3) is 12.2 Å². The number of rotatable bonds is 4. The van der Waals surface area contributed by atoms with Gasteiger partial charge < -0.3 is 4.90 Å². The number of benzene rings is 1. The summed E-state index contributed by atoms with van der Waals surface area (Å²) in [5.41, 5.74) is 1.08. The predicted molar refractivity (Wildman–Crippen MR) is 78.8 cm³/mol. The third-order valence-electron chi connectivity index (χ3n) is 3.51. The molecular formula is C15H17N5O. The van der Waals surface area contributed by atoms with E-state index in [9.17, 15) is 4.79 Å². The van der Waals surface area contributed by atoms with E-state index in [2.05, 4.69) is 15.5 Å². The molecule has 1 aliphatic rings. The normalized spacial score (nSPS) is 15.8. The van der Waals surface area contributed by atoms with Gasteiger partial charge in [-0.2, -0.15) is 0 Å². The van der Waals surface area contributed by atoms with E-state index in [1.54, 1.807) is 9.58 Å². The summed E-state index contributed by atoms with van der Waals surface area (Å²) in [6, 6.07) is 9.96. The van der Waals surface area contributed by atoms with Crippen LogP contribution in [0.3, 0.4) is 0 Å². The Labute approximate surface area is 123 Å². The molecule has 0 bridgehead atoms. The van der Waals surface area contributed by atoms with E-state index < -0.39 is 0 Å². The Morgan fingerprint density at radius 3 is 2.81 bits per heavy atom. The second kappa shape index (κ2) is 6.30. The maximum Gasteiger partial charge on any atom is 0.224 e. The number of likely N-dealkylation sites (tertiary alicyclic amines) is 1. The average molecular weight is 283 g/mol. The molecule has 0 aliphatic carbocycles. The van der Waals surface area contributed by atoms with Gasteiger partial charge in [0.15, 0.2) is 5.82 Å². The zero-order chi connectivity index (χ0) is 14.5. The van der Waals surface area contributed by atoms with Gasteiger partial charge in [0, 0.05) is 13.0 Å². The average Bonchev–Trinajstić information content (AvgIpc) is 2.96. The molecule has 3 rings (SSSR count). The number of tetrazole rings is 1. The molecule has 1 aromatic carbocycles. The molecule has 1 aliphatic heterocycles. The lowest BCUT2D eigenvalue weighted by atomic mass is 10.1. The van der Waals surface area contributed by atoms with Gasteiger partial charge in [-0.15, -0.1) is 5.10 Å². The largest absolute Gasteiger partial charge is 0.323 e. The molecule has 6 nitrogen and oxygen atoms in total. The monoisotopic (exact) mass is 283 g/mol. The van der Waals surface area contributed by atoms with Gasteiger partial charge in [0.25, 0.3) is 0 Å². The number of aromatic nitrogens is 4. The van der Waals surface area contributed by atoms with Gasteiger partial charge in [-0.25, -0.2) is 4.68 Å². The summed E-state index contributed by atoms with van der Waals surface area (Å²) in [6.45, 7) is 1.20. The minimum atomic E-state index is 0.176. The van der Waals surface area contributed by atoms with Crippen LogP contribution in [0.4, 0.5) is 0 Å². The van der Waals surface area contributed by atoms with Crippen LogP contribution in [0.5, 0.6) is 0 Å². The Morgan fingerprint density at radius 1 is 1.14 bits per heavy atom. The molecule has 21 heavy (non-hydrogen) atoms. The van der Waals surface area contributed by atoms with Crippen molar-refractivity contribution in [1.82, 2.24) is 25.1 Å². The summed E-state index contributed by atoms with van der Waals surface area (Å²) in [6.07, 6.45) is 6.47. The predicted octanol–water partition coefficient (Wildman–Crippen LogP) is 1.81. The van der Waals surface area contributed by atoms with E-state index >= 15 is 0 Å². The molecule has 108 valence electrons. The van der Waals surface area contributed by atoms with Gasteiger partial charge in [0.05, 0.1) is 0 Å². The van der Waals surface area contributed by atoms with Gasteiger partial charge in [-0.3, -0.25) is 4.79 Å². The fourth-order valence-corrected chi connectivity index (χ4v) is 2.34. The molecule has 0 atom stereocenters. The van der Waals surface area contributed by atoms with Crippen molar-refractivity contribution < 1.29 is 4.79 Å². The summed E-state index contributed by atoms with van der Waals surface area (Å²) >= 11 is 0. The van der Waals surface area contributed by atoms with Crippen molar-refractivity contribution in [2.45, 2.75) is 25.9 Å². The first kappa shape index (κ1) is 13.5. The Morgan fingerprint density at radius 2 is 2.00 bits per heavy atom. The molecular weight excluding hydrogens is 266 g/mol. The quantitative estimate of drug-likeness (QED) is 0.858. The molecule has 0 saturated carbocycles. The molecule has 1 amide bonds. The van der Waals surface area contributed by atoms with E-state index in [0.717, 1.165) is 24.9 Å². The van der Waals surface area contributed by atoms with Crippen LogP contribution in [-0.2, 0) is 11.5 Å². The van der Waals surface area contributed by atoms with Gasteiger partial charge >= 0.3 is 0 Å². The standard InChI is InChI=1S/C15H17N5O/c21-15-8-4-5-11-19(15)12-20-14(16-17-18-20)10-9-13-6-2-1-3-7-13/h1-3,6-7,9-10H,4-5,8,11-12H2. The number of carbonyl (C=O) groups excluding carboxylic acids is 1. The molecule has 2 heterocycles.